The SMILES string of the molecule is O=C(O)CCCC(=O)Oc1cccc(Br)c1. The van der Waals surface area contributed by atoms with Crippen LogP contribution in [0.25, 0.3) is 0 Å². The number of benzene rings is 1. The highest BCUT2D eigenvalue weighted by Gasteiger charge is 2.06. The average molecular weight is 287 g/mol. The normalized spacial score (nSPS) is 9.81. The Labute approximate surface area is 101 Å². The number of aliphatic carboxylic acids is 1. The summed E-state index contributed by atoms with van der Waals surface area (Å²) in [7, 11) is 0. The molecular formula is C11H11BrO4. The third kappa shape index (κ3) is 4.93. The Kier molecular flexibility index (Phi) is 4.98. The van der Waals surface area contributed by atoms with Gasteiger partial charge in [0.25, 0.3) is 0 Å². The number of hydrogen-bond acceptors (Lipinski definition) is 3. The maximum atomic E-state index is 11.3. The monoisotopic (exact) mass is 286 g/mol. The number of carboxylic acids is 1. The average Bonchev–Trinajstić information content (AvgIpc) is 2.16. The van der Waals surface area contributed by atoms with Gasteiger partial charge in [0.2, 0.25) is 0 Å². The Balaban J connectivity index is 2.37. The number of carboxylic acid groups (broad SMARTS) is 1. The van der Waals surface area contributed by atoms with Gasteiger partial charge in [-0.2, -0.15) is 0 Å². The topological polar surface area (TPSA) is 63.6 Å². The molecule has 0 atom stereocenters. The fraction of sp³-hybridized carbons (Fsp3) is 0.273. The van der Waals surface area contributed by atoms with Crippen molar-refractivity contribution in [2.24, 2.45) is 0 Å². The lowest BCUT2D eigenvalue weighted by molar-refractivity contribution is -0.137. The van der Waals surface area contributed by atoms with Gasteiger partial charge in [-0.15, -0.1) is 0 Å². The van der Waals surface area contributed by atoms with E-state index in [1.165, 1.54) is 0 Å². The second-order valence-electron chi connectivity index (χ2n) is 3.18. The summed E-state index contributed by atoms with van der Waals surface area (Å²) in [6, 6.07) is 6.92. The molecule has 0 aliphatic rings. The van der Waals surface area contributed by atoms with Gasteiger partial charge in [0, 0.05) is 17.3 Å². The molecule has 0 aliphatic heterocycles. The molecule has 86 valence electrons. The molecule has 0 heterocycles. The fourth-order valence-corrected chi connectivity index (χ4v) is 1.48. The molecule has 1 aromatic carbocycles. The molecule has 4 nitrogen and oxygen atoms in total. The number of rotatable bonds is 5. The minimum Gasteiger partial charge on any atom is -0.481 e. The van der Waals surface area contributed by atoms with Crippen LogP contribution in [0, 0.1) is 0 Å². The van der Waals surface area contributed by atoms with E-state index in [0.717, 1.165) is 4.47 Å². The van der Waals surface area contributed by atoms with Crippen molar-refractivity contribution in [1.82, 2.24) is 0 Å². The summed E-state index contributed by atoms with van der Waals surface area (Å²) in [6.07, 6.45) is 0.383. The van der Waals surface area contributed by atoms with Crippen molar-refractivity contribution < 1.29 is 19.4 Å². The number of carbonyl (C=O) groups excluding carboxylic acids is 1. The van der Waals surface area contributed by atoms with Crippen molar-refractivity contribution in [3.63, 3.8) is 0 Å². The molecular weight excluding hydrogens is 276 g/mol. The van der Waals surface area contributed by atoms with Gasteiger partial charge in [-0.1, -0.05) is 22.0 Å². The summed E-state index contributed by atoms with van der Waals surface area (Å²) < 4.78 is 5.84. The van der Waals surface area contributed by atoms with Crippen LogP contribution in [-0.4, -0.2) is 17.0 Å². The van der Waals surface area contributed by atoms with E-state index in [-0.39, 0.29) is 12.8 Å². The molecule has 0 amide bonds. The molecule has 0 unspecified atom stereocenters. The third-order valence-corrected chi connectivity index (χ3v) is 2.29. The first-order valence-corrected chi connectivity index (χ1v) is 5.55. The first kappa shape index (κ1) is 12.7. The molecule has 1 rings (SSSR count). The van der Waals surface area contributed by atoms with Crippen LogP contribution in [0.5, 0.6) is 5.75 Å². The predicted molar refractivity (Wildman–Crippen MR) is 61.3 cm³/mol. The lowest BCUT2D eigenvalue weighted by Gasteiger charge is -2.03. The fourth-order valence-electron chi connectivity index (χ4n) is 1.10. The summed E-state index contributed by atoms with van der Waals surface area (Å²) in [5.41, 5.74) is 0. The number of carbonyl (C=O) groups is 2. The van der Waals surface area contributed by atoms with E-state index in [4.69, 9.17) is 9.84 Å². The van der Waals surface area contributed by atoms with Crippen molar-refractivity contribution in [2.45, 2.75) is 19.3 Å². The molecule has 0 radical (unpaired) electrons. The molecule has 0 fully saturated rings. The van der Waals surface area contributed by atoms with E-state index >= 15 is 0 Å². The molecule has 16 heavy (non-hydrogen) atoms. The van der Waals surface area contributed by atoms with E-state index in [2.05, 4.69) is 15.9 Å². The lowest BCUT2D eigenvalue weighted by atomic mass is 10.2. The molecule has 1 N–H and O–H groups in total. The molecule has 0 saturated heterocycles. The van der Waals surface area contributed by atoms with E-state index in [0.29, 0.717) is 12.2 Å². The summed E-state index contributed by atoms with van der Waals surface area (Å²) in [6.45, 7) is 0. The largest absolute Gasteiger partial charge is 0.481 e. The number of esters is 1. The van der Waals surface area contributed by atoms with Crippen LogP contribution in [0.15, 0.2) is 28.7 Å². The maximum Gasteiger partial charge on any atom is 0.311 e. The number of halogens is 1. The molecule has 0 bridgehead atoms. The Hall–Kier alpha value is -1.36. The lowest BCUT2D eigenvalue weighted by Crippen LogP contribution is -2.08. The van der Waals surface area contributed by atoms with E-state index < -0.39 is 11.9 Å². The summed E-state index contributed by atoms with van der Waals surface area (Å²) in [5.74, 6) is -0.871. The third-order valence-electron chi connectivity index (χ3n) is 1.80. The molecule has 0 aromatic heterocycles. The zero-order valence-corrected chi connectivity index (χ0v) is 10.1. The van der Waals surface area contributed by atoms with Crippen molar-refractivity contribution in [2.75, 3.05) is 0 Å². The van der Waals surface area contributed by atoms with Crippen LogP contribution in [0.2, 0.25) is 0 Å². The Morgan fingerprint density at radius 1 is 1.31 bits per heavy atom. The minimum absolute atomic E-state index is 0.0203. The predicted octanol–water partition coefficient (Wildman–Crippen LogP) is 2.61. The zero-order chi connectivity index (χ0) is 12.0. The van der Waals surface area contributed by atoms with Crippen molar-refractivity contribution in [3.05, 3.63) is 28.7 Å². The van der Waals surface area contributed by atoms with Gasteiger partial charge in [-0.05, 0) is 24.6 Å². The minimum atomic E-state index is -0.907. The van der Waals surface area contributed by atoms with Crippen molar-refractivity contribution in [3.8, 4) is 5.75 Å². The Morgan fingerprint density at radius 3 is 2.69 bits per heavy atom. The van der Waals surface area contributed by atoms with Crippen LogP contribution in [0.1, 0.15) is 19.3 Å². The molecule has 1 aromatic rings. The standard InChI is InChI=1S/C11H11BrO4/c12-8-3-1-4-9(7-8)16-11(15)6-2-5-10(13)14/h1,3-4,7H,2,5-6H2,(H,13,14). The highest BCUT2D eigenvalue weighted by atomic mass is 79.9. The van der Waals surface area contributed by atoms with Crippen LogP contribution < -0.4 is 4.74 Å². The van der Waals surface area contributed by atoms with Gasteiger partial charge in [0.1, 0.15) is 5.75 Å². The summed E-state index contributed by atoms with van der Waals surface area (Å²) in [4.78, 5) is 21.5. The van der Waals surface area contributed by atoms with Gasteiger partial charge in [-0.3, -0.25) is 9.59 Å². The highest BCUT2D eigenvalue weighted by Crippen LogP contribution is 2.18. The van der Waals surface area contributed by atoms with Crippen LogP contribution in [0.4, 0.5) is 0 Å². The molecule has 0 aliphatic carbocycles. The Bertz CT molecular complexity index is 389. The van der Waals surface area contributed by atoms with Gasteiger partial charge in [0.05, 0.1) is 0 Å². The van der Waals surface area contributed by atoms with Gasteiger partial charge in [0.15, 0.2) is 0 Å². The van der Waals surface area contributed by atoms with E-state index in [1.54, 1.807) is 18.2 Å². The van der Waals surface area contributed by atoms with Crippen molar-refractivity contribution in [1.29, 1.82) is 0 Å². The van der Waals surface area contributed by atoms with Gasteiger partial charge in [-0.25, -0.2) is 0 Å². The van der Waals surface area contributed by atoms with E-state index in [1.807, 2.05) is 6.07 Å². The smallest absolute Gasteiger partial charge is 0.311 e. The molecule has 0 spiro atoms. The first-order valence-electron chi connectivity index (χ1n) is 4.76. The number of hydrogen-bond donors (Lipinski definition) is 1. The van der Waals surface area contributed by atoms with Crippen molar-refractivity contribution >= 4 is 27.9 Å². The summed E-state index contributed by atoms with van der Waals surface area (Å²) in [5, 5.41) is 8.39. The second-order valence-corrected chi connectivity index (χ2v) is 4.09. The molecule has 5 heteroatoms. The van der Waals surface area contributed by atoms with Crippen LogP contribution in [0.3, 0.4) is 0 Å². The van der Waals surface area contributed by atoms with Crippen LogP contribution in [-0.2, 0) is 9.59 Å². The maximum absolute atomic E-state index is 11.3. The van der Waals surface area contributed by atoms with Gasteiger partial charge >= 0.3 is 11.9 Å². The Morgan fingerprint density at radius 2 is 2.06 bits per heavy atom. The first-order chi connectivity index (χ1) is 7.58. The zero-order valence-electron chi connectivity index (χ0n) is 8.48. The molecule has 0 saturated carbocycles. The quantitative estimate of drug-likeness (QED) is 0.668. The van der Waals surface area contributed by atoms with Crippen LogP contribution >= 0.6 is 15.9 Å². The number of ether oxygens (including phenoxy) is 1. The second kappa shape index (κ2) is 6.27. The summed E-state index contributed by atoms with van der Waals surface area (Å²) >= 11 is 3.25. The van der Waals surface area contributed by atoms with Gasteiger partial charge < -0.3 is 9.84 Å². The highest BCUT2D eigenvalue weighted by molar-refractivity contribution is 9.10. The van der Waals surface area contributed by atoms with E-state index in [9.17, 15) is 9.59 Å².